The summed E-state index contributed by atoms with van der Waals surface area (Å²) in [5.41, 5.74) is 23.7. The van der Waals surface area contributed by atoms with E-state index in [0.717, 1.165) is 0 Å². The van der Waals surface area contributed by atoms with Crippen LogP contribution in [0.1, 0.15) is 49.9 Å². The maximum absolute atomic E-state index is 2.57. The Morgan fingerprint density at radius 1 is 0.290 bits per heavy atom. The summed E-state index contributed by atoms with van der Waals surface area (Å²) in [6.45, 7) is 9.45. The summed E-state index contributed by atoms with van der Waals surface area (Å²) in [5.74, 6) is 0. The maximum Gasteiger partial charge on any atom is 0.0634 e. The number of benzene rings is 9. The number of aromatic nitrogens is 2. The molecule has 290 valence electrons. The van der Waals surface area contributed by atoms with Crippen molar-refractivity contribution in [3.63, 3.8) is 0 Å². The second-order valence-electron chi connectivity index (χ2n) is 19.2. The zero-order chi connectivity index (χ0) is 41.0. The van der Waals surface area contributed by atoms with Gasteiger partial charge in [-0.2, -0.15) is 0 Å². The molecule has 0 radical (unpaired) electrons. The van der Waals surface area contributed by atoms with Crippen LogP contribution in [0, 0.1) is 0 Å². The fraction of sp³-hybridized carbons (Fsp3) is 0.100. The van der Waals surface area contributed by atoms with E-state index >= 15 is 0 Å². The number of hydrogen-bond donors (Lipinski definition) is 0. The van der Waals surface area contributed by atoms with Gasteiger partial charge >= 0.3 is 0 Å². The number of para-hydroxylation sites is 2. The molecular formula is C60H40N2. The van der Waals surface area contributed by atoms with Crippen LogP contribution in [-0.2, 0) is 10.8 Å². The zero-order valence-corrected chi connectivity index (χ0v) is 35.1. The van der Waals surface area contributed by atoms with E-state index in [4.69, 9.17) is 0 Å². The van der Waals surface area contributed by atoms with E-state index < -0.39 is 0 Å². The summed E-state index contributed by atoms with van der Waals surface area (Å²) >= 11 is 0. The molecule has 2 aliphatic rings. The van der Waals surface area contributed by atoms with E-state index in [0.29, 0.717) is 0 Å². The smallest absolute Gasteiger partial charge is 0.0634 e. The summed E-state index contributed by atoms with van der Waals surface area (Å²) in [4.78, 5) is 0. The number of rotatable bonds is 2. The molecule has 0 fully saturated rings. The first-order valence-corrected chi connectivity index (χ1v) is 22.1. The molecule has 4 aromatic heterocycles. The van der Waals surface area contributed by atoms with Gasteiger partial charge in [-0.15, -0.1) is 0 Å². The average molecular weight is 789 g/mol. The molecule has 0 atom stereocenters. The molecule has 2 heteroatoms. The monoisotopic (exact) mass is 788 g/mol. The van der Waals surface area contributed by atoms with E-state index in [1.807, 2.05) is 0 Å². The van der Waals surface area contributed by atoms with Crippen molar-refractivity contribution >= 4 is 76.2 Å². The Morgan fingerprint density at radius 3 is 1.10 bits per heavy atom. The van der Waals surface area contributed by atoms with Crippen molar-refractivity contribution in [2.75, 3.05) is 0 Å². The molecule has 2 aliphatic carbocycles. The molecule has 0 bridgehead atoms. The van der Waals surface area contributed by atoms with Gasteiger partial charge in [-0.05, 0) is 115 Å². The number of fused-ring (bicyclic) bond motifs is 20. The predicted octanol–water partition coefficient (Wildman–Crippen LogP) is 15.9. The molecule has 0 N–H and O–H groups in total. The van der Waals surface area contributed by atoms with Crippen LogP contribution in [0.2, 0.25) is 0 Å². The summed E-state index contributed by atoms with van der Waals surface area (Å²) in [6.07, 6.45) is 0. The minimum atomic E-state index is -0.0185. The summed E-state index contributed by atoms with van der Waals surface area (Å²) in [5, 5.41) is 10.6. The van der Waals surface area contributed by atoms with Crippen LogP contribution in [0.4, 0.5) is 0 Å². The van der Waals surface area contributed by atoms with Gasteiger partial charge in [-0.3, -0.25) is 0 Å². The molecule has 2 nitrogen and oxygen atoms in total. The Balaban J connectivity index is 1.04. The van der Waals surface area contributed by atoms with Crippen molar-refractivity contribution in [3.8, 4) is 44.5 Å². The summed E-state index contributed by atoms with van der Waals surface area (Å²) in [7, 11) is 0. The zero-order valence-electron chi connectivity index (χ0n) is 35.1. The molecule has 0 amide bonds. The molecular weight excluding hydrogens is 749 g/mol. The second kappa shape index (κ2) is 10.9. The third-order valence-corrected chi connectivity index (χ3v) is 15.6. The van der Waals surface area contributed by atoms with Gasteiger partial charge in [-0.1, -0.05) is 149 Å². The van der Waals surface area contributed by atoms with E-state index in [9.17, 15) is 0 Å². The van der Waals surface area contributed by atoms with Crippen molar-refractivity contribution in [1.82, 2.24) is 8.80 Å². The first kappa shape index (κ1) is 33.3. The lowest BCUT2D eigenvalue weighted by Gasteiger charge is -2.21. The highest BCUT2D eigenvalue weighted by atomic mass is 14.9. The van der Waals surface area contributed by atoms with Gasteiger partial charge in [0.1, 0.15) is 0 Å². The second-order valence-corrected chi connectivity index (χ2v) is 19.2. The van der Waals surface area contributed by atoms with Gasteiger partial charge in [0.15, 0.2) is 0 Å². The van der Waals surface area contributed by atoms with E-state index in [2.05, 4.69) is 206 Å². The molecule has 9 aromatic carbocycles. The molecule has 4 heterocycles. The lowest BCUT2D eigenvalue weighted by molar-refractivity contribution is 0.660. The normalized spacial score (nSPS) is 15.0. The van der Waals surface area contributed by atoms with E-state index in [-0.39, 0.29) is 10.8 Å². The Hall–Kier alpha value is -7.42. The van der Waals surface area contributed by atoms with Crippen LogP contribution < -0.4 is 0 Å². The molecule has 13 aromatic rings. The molecule has 0 unspecified atom stereocenters. The maximum atomic E-state index is 2.57. The third kappa shape index (κ3) is 3.77. The minimum Gasteiger partial charge on any atom is -0.308 e. The summed E-state index contributed by atoms with van der Waals surface area (Å²) in [6, 6.07) is 64.9. The minimum absolute atomic E-state index is 0.0185. The first-order chi connectivity index (χ1) is 30.3. The molecule has 0 saturated carbocycles. The van der Waals surface area contributed by atoms with Gasteiger partial charge in [-0.25, -0.2) is 0 Å². The van der Waals surface area contributed by atoms with Crippen molar-refractivity contribution in [2.45, 2.75) is 38.5 Å². The average Bonchev–Trinajstić information content (AvgIpc) is 4.11. The Kier molecular flexibility index (Phi) is 5.86. The van der Waals surface area contributed by atoms with Gasteiger partial charge in [0.2, 0.25) is 0 Å². The molecule has 62 heavy (non-hydrogen) atoms. The Morgan fingerprint density at radius 2 is 0.629 bits per heavy atom. The fourth-order valence-corrected chi connectivity index (χ4v) is 12.7. The largest absolute Gasteiger partial charge is 0.308 e. The Labute approximate surface area is 358 Å². The van der Waals surface area contributed by atoms with Gasteiger partial charge in [0, 0.05) is 53.9 Å². The van der Waals surface area contributed by atoms with Crippen LogP contribution in [0.25, 0.3) is 121 Å². The standard InChI is InChI=1S/C60H40N2/c1-59(2)45-17-9-5-13-37(45)41-29-33(21-25-47(41)59)35-23-27-51-43(31-35)55-53-39-15-7-12-20-50(39)62-52-28-24-36(34-22-26-48-42(30-34)38-14-6-10-18-46(38)60(48,3)4)32-44(52)56(58(53)62)54-40-16-8-11-19-49(40)61(51)57(54)55/h5-32H,1-4H3. The van der Waals surface area contributed by atoms with Crippen molar-refractivity contribution in [3.05, 3.63) is 192 Å². The fourth-order valence-electron chi connectivity index (χ4n) is 12.7. The lowest BCUT2D eigenvalue weighted by atomic mass is 9.82. The van der Waals surface area contributed by atoms with Crippen molar-refractivity contribution < 1.29 is 0 Å². The highest BCUT2D eigenvalue weighted by molar-refractivity contribution is 6.45. The molecule has 0 aliphatic heterocycles. The topological polar surface area (TPSA) is 8.82 Å². The van der Waals surface area contributed by atoms with Crippen LogP contribution in [-0.4, -0.2) is 8.80 Å². The Bertz CT molecular complexity index is 3880. The van der Waals surface area contributed by atoms with E-state index in [1.54, 1.807) is 0 Å². The SMILES string of the molecule is CC1(C)c2ccccc2-c2cc(-c3ccc4c(c3)c3c5c6ccccc6n6c7ccc(-c8ccc9c(c8)-c8ccccc8C9(C)C)cc7c(c7c8ccccc8n4c73)c56)ccc21. The lowest BCUT2D eigenvalue weighted by Crippen LogP contribution is -2.14. The van der Waals surface area contributed by atoms with E-state index in [1.165, 1.54) is 143 Å². The van der Waals surface area contributed by atoms with Gasteiger partial charge < -0.3 is 8.80 Å². The number of nitrogens with zero attached hydrogens (tertiary/aromatic N) is 2. The van der Waals surface area contributed by atoms with Crippen LogP contribution in [0.5, 0.6) is 0 Å². The first-order valence-electron chi connectivity index (χ1n) is 22.1. The molecule has 0 spiro atoms. The van der Waals surface area contributed by atoms with Gasteiger partial charge in [0.25, 0.3) is 0 Å². The summed E-state index contributed by atoms with van der Waals surface area (Å²) < 4.78 is 5.15. The number of hydrogen-bond acceptors (Lipinski definition) is 0. The predicted molar refractivity (Wildman–Crippen MR) is 262 cm³/mol. The molecule has 0 saturated heterocycles. The van der Waals surface area contributed by atoms with Crippen molar-refractivity contribution in [2.24, 2.45) is 0 Å². The third-order valence-electron chi connectivity index (χ3n) is 15.6. The van der Waals surface area contributed by atoms with Crippen LogP contribution >= 0.6 is 0 Å². The van der Waals surface area contributed by atoms with Crippen molar-refractivity contribution in [1.29, 1.82) is 0 Å². The van der Waals surface area contributed by atoms with Gasteiger partial charge in [0.05, 0.1) is 33.1 Å². The highest BCUT2D eigenvalue weighted by Crippen LogP contribution is 2.54. The quantitative estimate of drug-likeness (QED) is 0.165. The highest BCUT2D eigenvalue weighted by Gasteiger charge is 2.37. The molecule has 15 rings (SSSR count). The van der Waals surface area contributed by atoms with Crippen LogP contribution in [0.15, 0.2) is 170 Å². The van der Waals surface area contributed by atoms with Crippen LogP contribution in [0.3, 0.4) is 0 Å².